The second kappa shape index (κ2) is 7.82. The molecule has 0 atom stereocenters. The summed E-state index contributed by atoms with van der Waals surface area (Å²) < 4.78 is 29.9. The number of carbonyl (C=O) groups excluding carboxylic acids is 1. The average Bonchev–Trinajstić information content (AvgIpc) is 3.15. The van der Waals surface area contributed by atoms with E-state index < -0.39 is 18.5 Å². The monoisotopic (exact) mass is 420 g/mol. The summed E-state index contributed by atoms with van der Waals surface area (Å²) in [5.41, 5.74) is 1.49. The van der Waals surface area contributed by atoms with Crippen LogP contribution in [0, 0.1) is 6.92 Å². The van der Waals surface area contributed by atoms with E-state index in [4.69, 9.17) is 0 Å². The number of aromatic nitrogens is 4. The molecule has 0 unspecified atom stereocenters. The Kier molecular flexibility index (Phi) is 5.22. The molecule has 1 aliphatic rings. The van der Waals surface area contributed by atoms with E-state index in [0.717, 1.165) is 28.1 Å². The summed E-state index contributed by atoms with van der Waals surface area (Å²) in [6, 6.07) is 5.18. The maximum Gasteiger partial charge on any atom is 0.267 e. The molecule has 152 valence electrons. The minimum Gasteiger partial charge on any atom is -0.368 e. The van der Waals surface area contributed by atoms with Gasteiger partial charge in [-0.3, -0.25) is 14.2 Å². The third-order valence-electron chi connectivity index (χ3n) is 4.92. The SMILES string of the molecule is Cc1nnsc1C(=O)N1CCN(c2ccc3c(=O)n(CC(F)F)cnc3c2)CC1. The zero-order valence-electron chi connectivity index (χ0n) is 15.6. The number of anilines is 1. The fourth-order valence-electron chi connectivity index (χ4n) is 3.36. The Labute approximate surface area is 168 Å². The van der Waals surface area contributed by atoms with Crippen LogP contribution in [0.3, 0.4) is 0 Å². The number of alkyl halides is 2. The summed E-state index contributed by atoms with van der Waals surface area (Å²) in [6.45, 7) is 3.46. The number of fused-ring (bicyclic) bond motifs is 1. The number of hydrogen-bond acceptors (Lipinski definition) is 7. The Morgan fingerprint density at radius 1 is 1.24 bits per heavy atom. The molecule has 3 heterocycles. The van der Waals surface area contributed by atoms with Gasteiger partial charge in [0.15, 0.2) is 0 Å². The predicted octanol–water partition coefficient (Wildman–Crippen LogP) is 1.78. The highest BCUT2D eigenvalue weighted by atomic mass is 32.1. The Balaban J connectivity index is 1.49. The summed E-state index contributed by atoms with van der Waals surface area (Å²) in [5, 5.41) is 4.19. The van der Waals surface area contributed by atoms with Crippen LogP contribution in [0.2, 0.25) is 0 Å². The zero-order chi connectivity index (χ0) is 20.5. The van der Waals surface area contributed by atoms with Gasteiger partial charge in [-0.25, -0.2) is 13.8 Å². The molecule has 0 saturated carbocycles. The first kappa shape index (κ1) is 19.4. The van der Waals surface area contributed by atoms with Gasteiger partial charge >= 0.3 is 0 Å². The molecule has 1 fully saturated rings. The van der Waals surface area contributed by atoms with Gasteiger partial charge in [0.25, 0.3) is 17.9 Å². The minimum absolute atomic E-state index is 0.0584. The molecule has 0 spiro atoms. The number of hydrogen-bond donors (Lipinski definition) is 0. The highest BCUT2D eigenvalue weighted by Gasteiger charge is 2.25. The van der Waals surface area contributed by atoms with Crippen LogP contribution in [0.25, 0.3) is 10.9 Å². The van der Waals surface area contributed by atoms with Crippen molar-refractivity contribution in [2.75, 3.05) is 31.1 Å². The lowest BCUT2D eigenvalue weighted by Crippen LogP contribution is -2.48. The summed E-state index contributed by atoms with van der Waals surface area (Å²) in [6.07, 6.45) is -1.46. The Bertz CT molecular complexity index is 1110. The number of halogens is 2. The number of benzene rings is 1. The molecule has 1 amide bonds. The number of amides is 1. The van der Waals surface area contributed by atoms with E-state index in [0.29, 0.717) is 47.7 Å². The highest BCUT2D eigenvalue weighted by Crippen LogP contribution is 2.22. The first-order valence-electron chi connectivity index (χ1n) is 9.04. The topological polar surface area (TPSA) is 84.2 Å². The van der Waals surface area contributed by atoms with Crippen LogP contribution < -0.4 is 10.5 Å². The van der Waals surface area contributed by atoms with E-state index in [1.165, 1.54) is 0 Å². The predicted molar refractivity (Wildman–Crippen MR) is 105 cm³/mol. The van der Waals surface area contributed by atoms with E-state index in [2.05, 4.69) is 19.5 Å². The molecular weight excluding hydrogens is 402 g/mol. The van der Waals surface area contributed by atoms with Crippen LogP contribution in [0.4, 0.5) is 14.5 Å². The molecule has 1 aromatic carbocycles. The molecule has 4 rings (SSSR count). The van der Waals surface area contributed by atoms with Gasteiger partial charge in [-0.05, 0) is 36.7 Å². The van der Waals surface area contributed by atoms with E-state index in [1.807, 2.05) is 0 Å². The zero-order valence-corrected chi connectivity index (χ0v) is 16.4. The number of nitrogens with zero attached hydrogens (tertiary/aromatic N) is 6. The first-order chi connectivity index (χ1) is 13.9. The van der Waals surface area contributed by atoms with Crippen molar-refractivity contribution in [1.82, 2.24) is 24.0 Å². The van der Waals surface area contributed by atoms with E-state index in [1.54, 1.807) is 30.0 Å². The molecular formula is C18H18F2N6O2S. The first-order valence-corrected chi connectivity index (χ1v) is 9.82. The molecule has 8 nitrogen and oxygen atoms in total. The lowest BCUT2D eigenvalue weighted by molar-refractivity contribution is 0.0750. The molecule has 0 radical (unpaired) electrons. The molecule has 1 saturated heterocycles. The van der Waals surface area contributed by atoms with Crippen LogP contribution in [-0.2, 0) is 6.54 Å². The third-order valence-corrected chi connectivity index (χ3v) is 5.74. The molecule has 2 aromatic heterocycles. The van der Waals surface area contributed by atoms with Gasteiger partial charge in [0.1, 0.15) is 4.88 Å². The smallest absolute Gasteiger partial charge is 0.267 e. The second-order valence-corrected chi connectivity index (χ2v) is 7.52. The average molecular weight is 420 g/mol. The molecule has 0 aliphatic carbocycles. The molecule has 3 aromatic rings. The van der Waals surface area contributed by atoms with Crippen LogP contribution in [-0.4, -0.2) is 62.5 Å². The normalized spacial score (nSPS) is 14.8. The van der Waals surface area contributed by atoms with Crippen LogP contribution in [0.5, 0.6) is 0 Å². The molecule has 0 N–H and O–H groups in total. The van der Waals surface area contributed by atoms with Crippen molar-refractivity contribution >= 4 is 34.0 Å². The fourth-order valence-corrected chi connectivity index (χ4v) is 3.99. The maximum absolute atomic E-state index is 12.6. The minimum atomic E-state index is -2.62. The van der Waals surface area contributed by atoms with Crippen molar-refractivity contribution in [2.45, 2.75) is 19.9 Å². The van der Waals surface area contributed by atoms with Crippen molar-refractivity contribution in [3.8, 4) is 0 Å². The van der Waals surface area contributed by atoms with Gasteiger partial charge in [0, 0.05) is 31.9 Å². The van der Waals surface area contributed by atoms with Gasteiger partial charge in [-0.2, -0.15) is 0 Å². The van der Waals surface area contributed by atoms with Crippen molar-refractivity contribution < 1.29 is 13.6 Å². The maximum atomic E-state index is 12.6. The molecule has 11 heteroatoms. The number of piperazine rings is 1. The van der Waals surface area contributed by atoms with Crippen LogP contribution in [0.1, 0.15) is 15.4 Å². The molecule has 1 aliphatic heterocycles. The summed E-state index contributed by atoms with van der Waals surface area (Å²) in [5.74, 6) is -0.0584. The van der Waals surface area contributed by atoms with Crippen molar-refractivity contribution in [3.63, 3.8) is 0 Å². The van der Waals surface area contributed by atoms with Crippen LogP contribution in [0.15, 0.2) is 29.3 Å². The number of aryl methyl sites for hydroxylation is 1. The number of rotatable bonds is 4. The summed E-state index contributed by atoms with van der Waals surface area (Å²) >= 11 is 1.10. The van der Waals surface area contributed by atoms with E-state index in [-0.39, 0.29) is 5.91 Å². The van der Waals surface area contributed by atoms with Gasteiger partial charge in [0.2, 0.25) is 0 Å². The Hall–Kier alpha value is -2.95. The summed E-state index contributed by atoms with van der Waals surface area (Å²) in [7, 11) is 0. The quantitative estimate of drug-likeness (QED) is 0.640. The second-order valence-electron chi connectivity index (χ2n) is 6.76. The number of carbonyl (C=O) groups is 1. The highest BCUT2D eigenvalue weighted by molar-refractivity contribution is 7.07. The van der Waals surface area contributed by atoms with E-state index in [9.17, 15) is 18.4 Å². The van der Waals surface area contributed by atoms with Gasteiger partial charge in [0.05, 0.1) is 29.5 Å². The largest absolute Gasteiger partial charge is 0.368 e. The Morgan fingerprint density at radius 3 is 2.66 bits per heavy atom. The van der Waals surface area contributed by atoms with Gasteiger partial charge in [-0.1, -0.05) is 4.49 Å². The standard InChI is InChI=1S/C18H18F2N6O2S/c1-11-16(29-23-22-11)18(28)25-6-4-24(5-7-25)12-2-3-13-14(8-12)21-10-26(17(13)27)9-15(19)20/h2-3,8,10,15H,4-7,9H2,1H3. The van der Waals surface area contributed by atoms with Crippen molar-refractivity contribution in [2.24, 2.45) is 0 Å². The van der Waals surface area contributed by atoms with Gasteiger partial charge < -0.3 is 9.80 Å². The van der Waals surface area contributed by atoms with Crippen LogP contribution >= 0.6 is 11.5 Å². The Morgan fingerprint density at radius 2 is 2.00 bits per heavy atom. The van der Waals surface area contributed by atoms with E-state index >= 15 is 0 Å². The van der Waals surface area contributed by atoms with Crippen molar-refractivity contribution in [1.29, 1.82) is 0 Å². The summed E-state index contributed by atoms with van der Waals surface area (Å²) in [4.78, 5) is 33.5. The lowest BCUT2D eigenvalue weighted by atomic mass is 10.2. The van der Waals surface area contributed by atoms with Gasteiger partial charge in [-0.15, -0.1) is 5.10 Å². The van der Waals surface area contributed by atoms with Crippen molar-refractivity contribution in [3.05, 3.63) is 45.5 Å². The lowest BCUT2D eigenvalue weighted by Gasteiger charge is -2.36. The third kappa shape index (κ3) is 3.82. The molecule has 0 bridgehead atoms. The molecule has 29 heavy (non-hydrogen) atoms. The fraction of sp³-hybridized carbons (Fsp3) is 0.389.